The molecule has 0 atom stereocenters. The quantitative estimate of drug-likeness (QED) is 0.464. The van der Waals surface area contributed by atoms with Gasteiger partial charge in [0.05, 0.1) is 0 Å². The molecule has 27 heavy (non-hydrogen) atoms. The van der Waals surface area contributed by atoms with Crippen LogP contribution in [0.3, 0.4) is 0 Å². The summed E-state index contributed by atoms with van der Waals surface area (Å²) in [5.41, 5.74) is 9.17. The highest BCUT2D eigenvalue weighted by molar-refractivity contribution is 7.98. The fourth-order valence-electron chi connectivity index (χ4n) is 2.50. The molecule has 6 nitrogen and oxygen atoms in total. The fraction of sp³-hybridized carbons (Fsp3) is 0.150. The topological polar surface area (TPSA) is 101 Å². The van der Waals surface area contributed by atoms with Gasteiger partial charge in [-0.1, -0.05) is 59.3 Å². The lowest BCUT2D eigenvalue weighted by Gasteiger charge is -2.09. The second-order valence-corrected chi connectivity index (χ2v) is 7.19. The number of carbonyl (C=O) groups excluding carboxylic acids is 1. The largest absolute Gasteiger partial charge is 0.382 e. The Hall–Kier alpha value is -3.06. The van der Waals surface area contributed by atoms with Crippen LogP contribution in [0.1, 0.15) is 27.0 Å². The first-order chi connectivity index (χ1) is 12.9. The van der Waals surface area contributed by atoms with E-state index in [1.165, 1.54) is 17.3 Å². The summed E-state index contributed by atoms with van der Waals surface area (Å²) in [5.74, 6) is 0.235. The lowest BCUT2D eigenvalue weighted by atomic mass is 10.1. The van der Waals surface area contributed by atoms with Gasteiger partial charge in [-0.2, -0.15) is 0 Å². The zero-order chi connectivity index (χ0) is 19.4. The van der Waals surface area contributed by atoms with Gasteiger partial charge in [-0.25, -0.2) is 4.98 Å². The van der Waals surface area contributed by atoms with Crippen molar-refractivity contribution in [2.75, 3.05) is 11.1 Å². The molecule has 0 aliphatic heterocycles. The molecule has 2 aromatic carbocycles. The highest BCUT2D eigenvalue weighted by atomic mass is 32.2. The number of nitrogens with one attached hydrogen (secondary N) is 2. The number of amides is 1. The van der Waals surface area contributed by atoms with Gasteiger partial charge < -0.3 is 11.1 Å². The number of nitrogen functional groups attached to an aromatic ring is 1. The summed E-state index contributed by atoms with van der Waals surface area (Å²) in [7, 11) is 0. The summed E-state index contributed by atoms with van der Waals surface area (Å²) in [6, 6.07) is 15.1. The summed E-state index contributed by atoms with van der Waals surface area (Å²) in [6.45, 7) is 3.96. The molecule has 0 unspecified atom stereocenters. The first kappa shape index (κ1) is 18.7. The Morgan fingerprint density at radius 1 is 1.15 bits per heavy atom. The third kappa shape index (κ3) is 4.77. The molecule has 4 N–H and O–H groups in total. The van der Waals surface area contributed by atoms with Crippen molar-refractivity contribution in [3.63, 3.8) is 0 Å². The van der Waals surface area contributed by atoms with Crippen molar-refractivity contribution >= 4 is 29.2 Å². The Bertz CT molecular complexity index is 1030. The van der Waals surface area contributed by atoms with E-state index in [-0.39, 0.29) is 11.5 Å². The van der Waals surface area contributed by atoms with Gasteiger partial charge in [0.2, 0.25) is 0 Å². The minimum atomic E-state index is -0.477. The number of hydrogen-bond acceptors (Lipinski definition) is 5. The number of rotatable bonds is 5. The third-order valence-corrected chi connectivity index (χ3v) is 4.88. The lowest BCUT2D eigenvalue weighted by molar-refractivity contribution is 0.102. The summed E-state index contributed by atoms with van der Waals surface area (Å²) >= 11 is 1.38. The van der Waals surface area contributed by atoms with Crippen molar-refractivity contribution in [1.29, 1.82) is 0 Å². The number of anilines is 2. The number of benzene rings is 2. The molecular weight excluding hydrogens is 360 g/mol. The van der Waals surface area contributed by atoms with E-state index < -0.39 is 11.5 Å². The van der Waals surface area contributed by atoms with Crippen LogP contribution in [0.15, 0.2) is 58.5 Å². The summed E-state index contributed by atoms with van der Waals surface area (Å²) < 4.78 is 0. The number of thioether (sulfide) groups is 1. The van der Waals surface area contributed by atoms with E-state index in [0.717, 1.165) is 11.1 Å². The Morgan fingerprint density at radius 2 is 1.89 bits per heavy atom. The molecule has 138 valence electrons. The highest BCUT2D eigenvalue weighted by Crippen LogP contribution is 2.21. The van der Waals surface area contributed by atoms with Gasteiger partial charge in [-0.3, -0.25) is 14.6 Å². The van der Waals surface area contributed by atoms with Crippen molar-refractivity contribution in [2.24, 2.45) is 0 Å². The van der Waals surface area contributed by atoms with Crippen LogP contribution in [-0.4, -0.2) is 15.9 Å². The van der Waals surface area contributed by atoms with Gasteiger partial charge in [0, 0.05) is 11.3 Å². The molecule has 0 aliphatic rings. The second kappa shape index (κ2) is 8.09. The van der Waals surface area contributed by atoms with Crippen LogP contribution in [-0.2, 0) is 5.75 Å². The van der Waals surface area contributed by atoms with Crippen LogP contribution in [0.5, 0.6) is 0 Å². The Morgan fingerprint density at radius 3 is 2.56 bits per heavy atom. The van der Waals surface area contributed by atoms with E-state index in [9.17, 15) is 9.59 Å². The highest BCUT2D eigenvalue weighted by Gasteiger charge is 2.14. The number of nitrogens with two attached hydrogens (primary N) is 1. The monoisotopic (exact) mass is 380 g/mol. The maximum absolute atomic E-state index is 12.3. The average molecular weight is 380 g/mol. The molecule has 0 saturated carbocycles. The number of H-pyrrole nitrogens is 1. The average Bonchev–Trinajstić information content (AvgIpc) is 2.63. The molecular formula is C20H20N4O2S. The molecule has 0 spiro atoms. The second-order valence-electron chi connectivity index (χ2n) is 6.23. The molecule has 0 saturated heterocycles. The Kier molecular flexibility index (Phi) is 5.61. The van der Waals surface area contributed by atoms with E-state index in [1.807, 2.05) is 44.2 Å². The normalized spacial score (nSPS) is 10.6. The van der Waals surface area contributed by atoms with E-state index in [0.29, 0.717) is 16.5 Å². The molecule has 0 bridgehead atoms. The molecule has 0 aliphatic carbocycles. The number of carbonyl (C=O) groups is 1. The smallest absolute Gasteiger partial charge is 0.277 e. The predicted octanol–water partition coefficient (Wildman–Crippen LogP) is 3.51. The number of hydrogen-bond donors (Lipinski definition) is 3. The zero-order valence-electron chi connectivity index (χ0n) is 15.1. The van der Waals surface area contributed by atoms with Crippen LogP contribution in [0.2, 0.25) is 0 Å². The van der Waals surface area contributed by atoms with Crippen LogP contribution in [0.25, 0.3) is 0 Å². The lowest BCUT2D eigenvalue weighted by Crippen LogP contribution is -2.23. The standard InChI is InChI=1S/C20H20N4O2S/c1-12-6-8-15(9-7-12)18(25)22-16-17(21)23-20(24-19(16)26)27-11-14-5-3-4-13(2)10-14/h3-10H,11H2,1-2H3,(H,22,25)(H3,21,23,24,26). The first-order valence-corrected chi connectivity index (χ1v) is 9.37. The van der Waals surface area contributed by atoms with Crippen molar-refractivity contribution < 1.29 is 4.79 Å². The Labute approximate surface area is 161 Å². The molecule has 1 amide bonds. The maximum Gasteiger partial charge on any atom is 0.277 e. The van der Waals surface area contributed by atoms with Gasteiger partial charge >= 0.3 is 0 Å². The van der Waals surface area contributed by atoms with Crippen molar-refractivity contribution in [1.82, 2.24) is 9.97 Å². The van der Waals surface area contributed by atoms with Crippen LogP contribution in [0, 0.1) is 13.8 Å². The number of nitrogens with zero attached hydrogens (tertiary/aromatic N) is 1. The van der Waals surface area contributed by atoms with Gasteiger partial charge in [0.25, 0.3) is 11.5 Å². The van der Waals surface area contributed by atoms with Gasteiger partial charge in [-0.15, -0.1) is 0 Å². The molecule has 3 aromatic rings. The van der Waals surface area contributed by atoms with Gasteiger partial charge in [-0.05, 0) is 31.5 Å². The van der Waals surface area contributed by atoms with Crippen LogP contribution in [0.4, 0.5) is 11.5 Å². The van der Waals surface area contributed by atoms with Crippen molar-refractivity contribution in [3.05, 3.63) is 81.1 Å². The minimum absolute atomic E-state index is 0.00838. The molecule has 0 fully saturated rings. The van der Waals surface area contributed by atoms with E-state index in [4.69, 9.17) is 5.73 Å². The molecule has 3 rings (SSSR count). The SMILES string of the molecule is Cc1ccc(C(=O)Nc2c(N)nc(SCc3cccc(C)c3)[nH]c2=O)cc1. The van der Waals surface area contributed by atoms with Gasteiger partial charge in [0.1, 0.15) is 5.69 Å². The molecule has 7 heteroatoms. The maximum atomic E-state index is 12.3. The molecule has 0 radical (unpaired) electrons. The van der Waals surface area contributed by atoms with E-state index in [2.05, 4.69) is 21.4 Å². The zero-order valence-corrected chi connectivity index (χ0v) is 15.9. The van der Waals surface area contributed by atoms with Gasteiger partial charge in [0.15, 0.2) is 11.0 Å². The summed E-state index contributed by atoms with van der Waals surface area (Å²) in [6.07, 6.45) is 0. The summed E-state index contributed by atoms with van der Waals surface area (Å²) in [4.78, 5) is 31.5. The number of aromatic amines is 1. The van der Waals surface area contributed by atoms with Crippen molar-refractivity contribution in [3.8, 4) is 0 Å². The van der Waals surface area contributed by atoms with Crippen LogP contribution < -0.4 is 16.6 Å². The first-order valence-electron chi connectivity index (χ1n) is 8.38. The summed E-state index contributed by atoms with van der Waals surface area (Å²) in [5, 5.41) is 2.95. The minimum Gasteiger partial charge on any atom is -0.382 e. The molecule has 1 heterocycles. The molecule has 1 aromatic heterocycles. The fourth-order valence-corrected chi connectivity index (χ4v) is 3.31. The van der Waals surface area contributed by atoms with Crippen molar-refractivity contribution in [2.45, 2.75) is 24.8 Å². The van der Waals surface area contributed by atoms with E-state index >= 15 is 0 Å². The number of aryl methyl sites for hydroxylation is 2. The third-order valence-electron chi connectivity index (χ3n) is 3.94. The number of aromatic nitrogens is 2. The predicted molar refractivity (Wildman–Crippen MR) is 109 cm³/mol. The Balaban J connectivity index is 1.73. The van der Waals surface area contributed by atoms with Crippen LogP contribution >= 0.6 is 11.8 Å². The van der Waals surface area contributed by atoms with E-state index in [1.54, 1.807) is 12.1 Å².